The Labute approximate surface area is 138 Å². The summed E-state index contributed by atoms with van der Waals surface area (Å²) in [7, 11) is 1.82. The Balaban J connectivity index is 1.74. The first-order chi connectivity index (χ1) is 11.2. The number of pyridine rings is 1. The van der Waals surface area contributed by atoms with E-state index in [4.69, 9.17) is 0 Å². The minimum absolute atomic E-state index is 0.0358. The van der Waals surface area contributed by atoms with Gasteiger partial charge in [0, 0.05) is 39.0 Å². The number of likely N-dealkylation sites (N-methyl/N-ethyl adjacent to an activating group) is 1. The molecule has 23 heavy (non-hydrogen) atoms. The quantitative estimate of drug-likeness (QED) is 0.809. The monoisotopic (exact) mass is 317 g/mol. The van der Waals surface area contributed by atoms with Crippen LogP contribution in [0.25, 0.3) is 0 Å². The highest BCUT2D eigenvalue weighted by Crippen LogP contribution is 2.12. The minimum Gasteiger partial charge on any atom is -0.344 e. The van der Waals surface area contributed by atoms with Crippen molar-refractivity contribution in [3.8, 4) is 0 Å². The molecule has 0 aliphatic carbocycles. The van der Waals surface area contributed by atoms with E-state index in [-0.39, 0.29) is 18.4 Å². The maximum atomic E-state index is 12.3. The Morgan fingerprint density at radius 3 is 2.74 bits per heavy atom. The number of aromatic nitrogens is 1. The summed E-state index contributed by atoms with van der Waals surface area (Å²) in [6, 6.07) is 4.00. The molecule has 126 valence electrons. The van der Waals surface area contributed by atoms with Crippen LogP contribution in [0.15, 0.2) is 24.5 Å². The minimum atomic E-state index is 0.0358. The van der Waals surface area contributed by atoms with Crippen molar-refractivity contribution in [3.05, 3.63) is 30.1 Å². The van der Waals surface area contributed by atoms with E-state index in [0.29, 0.717) is 13.0 Å². The summed E-state index contributed by atoms with van der Waals surface area (Å²) in [5.41, 5.74) is 1.24. The summed E-state index contributed by atoms with van der Waals surface area (Å²) < 4.78 is 0. The van der Waals surface area contributed by atoms with Crippen LogP contribution in [0.5, 0.6) is 0 Å². The Hall–Kier alpha value is -1.91. The molecule has 0 saturated carbocycles. The molecule has 0 bridgehead atoms. The second kappa shape index (κ2) is 9.28. The van der Waals surface area contributed by atoms with Crippen molar-refractivity contribution in [2.45, 2.75) is 44.9 Å². The largest absolute Gasteiger partial charge is 0.344 e. The fraction of sp³-hybridized carbons (Fsp3) is 0.611. The number of nitrogens with zero attached hydrogens (tertiary/aromatic N) is 3. The first-order valence-electron chi connectivity index (χ1n) is 8.57. The van der Waals surface area contributed by atoms with E-state index in [0.717, 1.165) is 45.1 Å². The van der Waals surface area contributed by atoms with E-state index >= 15 is 0 Å². The topological polar surface area (TPSA) is 53.5 Å². The molecule has 0 radical (unpaired) electrons. The van der Waals surface area contributed by atoms with E-state index in [1.165, 1.54) is 5.56 Å². The van der Waals surface area contributed by atoms with Gasteiger partial charge in [0.15, 0.2) is 0 Å². The highest BCUT2D eigenvalue weighted by Gasteiger charge is 2.20. The molecule has 0 aromatic carbocycles. The molecule has 1 aliphatic heterocycles. The standard InChI is InChI=1S/C18H27N3O2/c1-20(13-6-7-16-9-11-19-12-10-16)18(23)15-21-14-5-3-2-4-8-17(21)22/h9-12H,2-8,13-15H2,1H3. The van der Waals surface area contributed by atoms with Gasteiger partial charge in [-0.1, -0.05) is 12.8 Å². The van der Waals surface area contributed by atoms with Crippen molar-refractivity contribution in [1.29, 1.82) is 0 Å². The van der Waals surface area contributed by atoms with Gasteiger partial charge in [-0.2, -0.15) is 0 Å². The number of hydrogen-bond acceptors (Lipinski definition) is 3. The predicted octanol–water partition coefficient (Wildman–Crippen LogP) is 2.27. The molecule has 0 unspecified atom stereocenters. The van der Waals surface area contributed by atoms with E-state index in [9.17, 15) is 9.59 Å². The molecule has 2 amide bonds. The summed E-state index contributed by atoms with van der Waals surface area (Å²) >= 11 is 0. The highest BCUT2D eigenvalue weighted by molar-refractivity contribution is 5.84. The van der Waals surface area contributed by atoms with Crippen LogP contribution >= 0.6 is 0 Å². The molecule has 2 rings (SSSR count). The van der Waals surface area contributed by atoms with Crippen LogP contribution in [0.3, 0.4) is 0 Å². The maximum absolute atomic E-state index is 12.3. The van der Waals surface area contributed by atoms with Crippen LogP contribution in [0.4, 0.5) is 0 Å². The van der Waals surface area contributed by atoms with E-state index < -0.39 is 0 Å². The Morgan fingerprint density at radius 1 is 1.22 bits per heavy atom. The second-order valence-electron chi connectivity index (χ2n) is 6.25. The van der Waals surface area contributed by atoms with Gasteiger partial charge in [0.05, 0.1) is 6.54 Å². The lowest BCUT2D eigenvalue weighted by Crippen LogP contribution is -2.42. The van der Waals surface area contributed by atoms with Crippen LogP contribution in [0.2, 0.25) is 0 Å². The molecule has 0 N–H and O–H groups in total. The van der Waals surface area contributed by atoms with Crippen molar-refractivity contribution in [2.75, 3.05) is 26.7 Å². The van der Waals surface area contributed by atoms with Gasteiger partial charge in [-0.25, -0.2) is 0 Å². The fourth-order valence-electron chi connectivity index (χ4n) is 2.86. The Bertz CT molecular complexity index is 504. The van der Waals surface area contributed by atoms with Crippen molar-refractivity contribution in [1.82, 2.24) is 14.8 Å². The first-order valence-corrected chi connectivity index (χ1v) is 8.57. The maximum Gasteiger partial charge on any atom is 0.241 e. The molecule has 1 aliphatic rings. The number of aryl methyl sites for hydroxylation is 1. The molecule has 0 spiro atoms. The van der Waals surface area contributed by atoms with Crippen molar-refractivity contribution in [3.63, 3.8) is 0 Å². The lowest BCUT2D eigenvalue weighted by atomic mass is 10.1. The summed E-state index contributed by atoms with van der Waals surface area (Å²) in [6.07, 6.45) is 10.2. The molecule has 1 aromatic rings. The number of likely N-dealkylation sites (tertiary alicyclic amines) is 1. The first kappa shape index (κ1) is 17.4. The van der Waals surface area contributed by atoms with E-state index in [2.05, 4.69) is 4.98 Å². The smallest absolute Gasteiger partial charge is 0.241 e. The van der Waals surface area contributed by atoms with Crippen LogP contribution in [-0.4, -0.2) is 53.3 Å². The van der Waals surface area contributed by atoms with Gasteiger partial charge in [0.25, 0.3) is 0 Å². The average molecular weight is 317 g/mol. The number of rotatable bonds is 6. The third kappa shape index (κ3) is 6.00. The lowest BCUT2D eigenvalue weighted by Gasteiger charge is -2.26. The highest BCUT2D eigenvalue weighted by atomic mass is 16.2. The van der Waals surface area contributed by atoms with E-state index in [1.807, 2.05) is 19.2 Å². The second-order valence-corrected chi connectivity index (χ2v) is 6.25. The van der Waals surface area contributed by atoms with Gasteiger partial charge >= 0.3 is 0 Å². The van der Waals surface area contributed by atoms with Gasteiger partial charge in [-0.15, -0.1) is 0 Å². The van der Waals surface area contributed by atoms with Crippen LogP contribution in [0.1, 0.15) is 44.1 Å². The number of carbonyl (C=O) groups excluding carboxylic acids is 2. The SMILES string of the molecule is CN(CCCc1ccncc1)C(=O)CN1CCCCCCC1=O. The van der Waals surface area contributed by atoms with Crippen molar-refractivity contribution < 1.29 is 9.59 Å². The molecule has 1 aromatic heterocycles. The zero-order valence-electron chi connectivity index (χ0n) is 14.0. The Kier molecular flexibility index (Phi) is 7.04. The summed E-state index contributed by atoms with van der Waals surface area (Å²) in [5.74, 6) is 0.164. The summed E-state index contributed by atoms with van der Waals surface area (Å²) in [6.45, 7) is 1.66. The van der Waals surface area contributed by atoms with E-state index in [1.54, 1.807) is 22.2 Å². The molecule has 5 heteroatoms. The van der Waals surface area contributed by atoms with Gasteiger partial charge in [-0.3, -0.25) is 14.6 Å². The lowest BCUT2D eigenvalue weighted by molar-refractivity contribution is -0.140. The number of hydrogen-bond donors (Lipinski definition) is 0. The van der Waals surface area contributed by atoms with Crippen LogP contribution in [0, 0.1) is 0 Å². The van der Waals surface area contributed by atoms with Gasteiger partial charge in [0.2, 0.25) is 11.8 Å². The van der Waals surface area contributed by atoms with Crippen molar-refractivity contribution in [2.24, 2.45) is 0 Å². The number of amides is 2. The normalized spacial score (nSPS) is 15.9. The molecule has 5 nitrogen and oxygen atoms in total. The van der Waals surface area contributed by atoms with Crippen LogP contribution < -0.4 is 0 Å². The molecule has 1 saturated heterocycles. The molecular formula is C18H27N3O2. The fourth-order valence-corrected chi connectivity index (χ4v) is 2.86. The van der Waals surface area contributed by atoms with Gasteiger partial charge in [-0.05, 0) is 43.4 Å². The predicted molar refractivity (Wildman–Crippen MR) is 89.9 cm³/mol. The third-order valence-corrected chi connectivity index (χ3v) is 4.38. The molecular weight excluding hydrogens is 290 g/mol. The van der Waals surface area contributed by atoms with Crippen LogP contribution in [-0.2, 0) is 16.0 Å². The third-order valence-electron chi connectivity index (χ3n) is 4.38. The Morgan fingerprint density at radius 2 is 1.96 bits per heavy atom. The molecule has 0 atom stereocenters. The summed E-state index contributed by atoms with van der Waals surface area (Å²) in [4.78, 5) is 31.9. The average Bonchev–Trinajstić information content (AvgIpc) is 2.55. The summed E-state index contributed by atoms with van der Waals surface area (Å²) in [5, 5.41) is 0. The van der Waals surface area contributed by atoms with Gasteiger partial charge < -0.3 is 9.80 Å². The van der Waals surface area contributed by atoms with Crippen molar-refractivity contribution >= 4 is 11.8 Å². The van der Waals surface area contributed by atoms with Gasteiger partial charge in [0.1, 0.15) is 0 Å². The zero-order chi connectivity index (χ0) is 16.5. The zero-order valence-corrected chi connectivity index (χ0v) is 14.0. The molecule has 1 fully saturated rings. The number of carbonyl (C=O) groups is 2. The molecule has 2 heterocycles.